The van der Waals surface area contributed by atoms with Gasteiger partial charge in [0.05, 0.1) is 0 Å². The molecule has 2 heteroatoms. The quantitative estimate of drug-likeness (QED) is 0.723. The average Bonchev–Trinajstić information content (AvgIpc) is 1.90. The molecule has 0 aromatic heterocycles. The van der Waals surface area contributed by atoms with Gasteiger partial charge in [-0.25, -0.2) is 0 Å². The number of Topliss-reactive ketones (excluding diaryl/α,β-unsaturated/α-hetero) is 1. The maximum Gasteiger partial charge on any atom is 0.159 e. The van der Waals surface area contributed by atoms with Gasteiger partial charge < -0.3 is 0 Å². The maximum absolute atomic E-state index is 10.6. The van der Waals surface area contributed by atoms with Crippen molar-refractivity contribution in [3.8, 4) is 0 Å². The van der Waals surface area contributed by atoms with Crippen molar-refractivity contribution in [2.45, 2.75) is 6.92 Å². The summed E-state index contributed by atoms with van der Waals surface area (Å²) in [4.78, 5) is 10.6. The van der Waals surface area contributed by atoms with Gasteiger partial charge in [0.25, 0.3) is 0 Å². The summed E-state index contributed by atoms with van der Waals surface area (Å²) >= 11 is 0. The monoisotopic (exact) mass is 315 g/mol. The van der Waals surface area contributed by atoms with Crippen molar-refractivity contribution in [1.29, 1.82) is 0 Å². The first kappa shape index (κ1) is 9.58. The van der Waals surface area contributed by atoms with E-state index < -0.39 is 0 Å². The van der Waals surface area contributed by atoms with Gasteiger partial charge in [-0.3, -0.25) is 4.79 Å². The Hall–Kier alpha value is -0.422. The van der Waals surface area contributed by atoms with Gasteiger partial charge in [-0.15, -0.1) is 0 Å². The Balaban J connectivity index is 0.000000810. The minimum Gasteiger partial charge on any atom is -0.295 e. The third-order valence-electron chi connectivity index (χ3n) is 1.18. The predicted octanol–water partition coefficient (Wildman–Crippen LogP) is 1.89. The van der Waals surface area contributed by atoms with Crippen LogP contribution in [0.1, 0.15) is 17.3 Å². The Morgan fingerprint density at radius 3 is 2.00 bits per heavy atom. The Morgan fingerprint density at radius 2 is 1.70 bits per heavy atom. The third-order valence-corrected chi connectivity index (χ3v) is 1.18. The maximum atomic E-state index is 10.6. The van der Waals surface area contributed by atoms with Crippen LogP contribution < -0.4 is 0 Å². The molecule has 1 nitrogen and oxygen atoms in total. The van der Waals surface area contributed by atoms with Gasteiger partial charge in [0.15, 0.2) is 5.78 Å². The van der Waals surface area contributed by atoms with Gasteiger partial charge in [0, 0.05) is 26.6 Å². The molecular formula is C8H8OPt. The number of rotatable bonds is 1. The molecule has 0 bridgehead atoms. The molecule has 0 saturated heterocycles. The Labute approximate surface area is 74.7 Å². The van der Waals surface area contributed by atoms with E-state index in [1.165, 1.54) is 0 Å². The second-order valence-electron chi connectivity index (χ2n) is 1.92. The van der Waals surface area contributed by atoms with E-state index in [1.807, 2.05) is 30.3 Å². The van der Waals surface area contributed by atoms with Crippen molar-refractivity contribution in [1.82, 2.24) is 0 Å². The largest absolute Gasteiger partial charge is 0.295 e. The molecule has 1 aromatic carbocycles. The Kier molecular flexibility index (Phi) is 4.22. The molecule has 0 fully saturated rings. The fourth-order valence-electron chi connectivity index (χ4n) is 0.673. The van der Waals surface area contributed by atoms with Gasteiger partial charge in [-0.05, 0) is 6.92 Å². The van der Waals surface area contributed by atoms with E-state index in [0.29, 0.717) is 0 Å². The van der Waals surface area contributed by atoms with E-state index in [-0.39, 0.29) is 26.8 Å². The van der Waals surface area contributed by atoms with Gasteiger partial charge in [-0.1, -0.05) is 30.3 Å². The molecule has 0 radical (unpaired) electrons. The van der Waals surface area contributed by atoms with E-state index in [2.05, 4.69) is 0 Å². The average molecular weight is 315 g/mol. The zero-order valence-corrected chi connectivity index (χ0v) is 7.88. The van der Waals surface area contributed by atoms with Crippen LogP contribution in [0.25, 0.3) is 0 Å². The van der Waals surface area contributed by atoms with Gasteiger partial charge >= 0.3 is 0 Å². The van der Waals surface area contributed by atoms with Gasteiger partial charge in [0.1, 0.15) is 0 Å². The summed E-state index contributed by atoms with van der Waals surface area (Å²) in [6.07, 6.45) is 0. The van der Waals surface area contributed by atoms with Crippen molar-refractivity contribution in [2.75, 3.05) is 0 Å². The summed E-state index contributed by atoms with van der Waals surface area (Å²) in [5, 5.41) is 0. The van der Waals surface area contributed by atoms with Gasteiger partial charge in [-0.2, -0.15) is 0 Å². The number of carbonyl (C=O) groups is 1. The number of hydrogen-bond acceptors (Lipinski definition) is 1. The van der Waals surface area contributed by atoms with Gasteiger partial charge in [0.2, 0.25) is 0 Å². The van der Waals surface area contributed by atoms with E-state index in [0.717, 1.165) is 5.56 Å². The van der Waals surface area contributed by atoms with Crippen molar-refractivity contribution >= 4 is 5.78 Å². The summed E-state index contributed by atoms with van der Waals surface area (Å²) in [5.41, 5.74) is 0.775. The topological polar surface area (TPSA) is 17.1 Å². The first-order chi connectivity index (χ1) is 4.30. The van der Waals surface area contributed by atoms with Crippen LogP contribution in [0.15, 0.2) is 30.3 Å². The van der Waals surface area contributed by atoms with Crippen molar-refractivity contribution < 1.29 is 25.9 Å². The predicted molar refractivity (Wildman–Crippen MR) is 36.4 cm³/mol. The number of ketones is 1. The normalized spacial score (nSPS) is 8.10. The number of benzene rings is 1. The third kappa shape index (κ3) is 2.45. The fourth-order valence-corrected chi connectivity index (χ4v) is 0.673. The van der Waals surface area contributed by atoms with Crippen LogP contribution in [0.4, 0.5) is 0 Å². The molecule has 0 spiro atoms. The van der Waals surface area contributed by atoms with E-state index in [9.17, 15) is 4.79 Å². The molecule has 0 heterocycles. The molecule has 0 atom stereocenters. The van der Waals surface area contributed by atoms with E-state index >= 15 is 0 Å². The Bertz CT molecular complexity index is 206. The van der Waals surface area contributed by atoms with Crippen molar-refractivity contribution in [3.05, 3.63) is 35.9 Å². The van der Waals surface area contributed by atoms with Crippen LogP contribution in [0.2, 0.25) is 0 Å². The standard InChI is InChI=1S/C8H8O.Pt/c1-7(9)8-5-3-2-4-6-8;/h2-6H,1H3;. The second kappa shape index (κ2) is 4.40. The first-order valence-electron chi connectivity index (χ1n) is 2.86. The fraction of sp³-hybridized carbons (Fsp3) is 0.125. The number of hydrogen-bond donors (Lipinski definition) is 0. The van der Waals surface area contributed by atoms with Crippen LogP contribution in [0, 0.1) is 0 Å². The molecule has 0 saturated carbocycles. The summed E-state index contributed by atoms with van der Waals surface area (Å²) in [7, 11) is 0. The second-order valence-corrected chi connectivity index (χ2v) is 1.92. The van der Waals surface area contributed by atoms with E-state index in [4.69, 9.17) is 0 Å². The molecule has 0 aliphatic heterocycles. The summed E-state index contributed by atoms with van der Waals surface area (Å²) in [6, 6.07) is 9.23. The molecule has 0 unspecified atom stereocenters. The molecule has 0 N–H and O–H groups in total. The van der Waals surface area contributed by atoms with Crippen LogP contribution in [-0.2, 0) is 21.1 Å². The zero-order valence-electron chi connectivity index (χ0n) is 5.61. The molecular weight excluding hydrogens is 307 g/mol. The molecule has 0 amide bonds. The van der Waals surface area contributed by atoms with Crippen LogP contribution in [-0.4, -0.2) is 5.78 Å². The van der Waals surface area contributed by atoms with Crippen LogP contribution in [0.5, 0.6) is 0 Å². The van der Waals surface area contributed by atoms with Crippen molar-refractivity contribution in [3.63, 3.8) is 0 Å². The smallest absolute Gasteiger partial charge is 0.159 e. The molecule has 10 heavy (non-hydrogen) atoms. The van der Waals surface area contributed by atoms with Crippen LogP contribution in [0.3, 0.4) is 0 Å². The first-order valence-corrected chi connectivity index (χ1v) is 2.86. The Morgan fingerprint density at radius 1 is 1.20 bits per heavy atom. The molecule has 56 valence electrons. The molecule has 1 rings (SSSR count). The molecule has 1 aromatic rings. The minimum absolute atomic E-state index is 0. The zero-order chi connectivity index (χ0) is 6.69. The van der Waals surface area contributed by atoms with Crippen molar-refractivity contribution in [2.24, 2.45) is 0 Å². The summed E-state index contributed by atoms with van der Waals surface area (Å²) < 4.78 is 0. The van der Waals surface area contributed by atoms with E-state index in [1.54, 1.807) is 6.92 Å². The SMILES string of the molecule is CC(=O)c1ccccc1.[Pt]. The van der Waals surface area contributed by atoms with Crippen LogP contribution >= 0.6 is 0 Å². The summed E-state index contributed by atoms with van der Waals surface area (Å²) in [5.74, 6) is 0.121. The number of carbonyl (C=O) groups excluding carboxylic acids is 1. The molecule has 0 aliphatic rings. The minimum atomic E-state index is 0. The summed E-state index contributed by atoms with van der Waals surface area (Å²) in [6.45, 7) is 1.56. The molecule has 0 aliphatic carbocycles.